The Morgan fingerprint density at radius 1 is 1.18 bits per heavy atom. The number of carbonyl (C=O) groups is 1. The van der Waals surface area contributed by atoms with Crippen molar-refractivity contribution in [1.82, 2.24) is 10.3 Å². The topological polar surface area (TPSA) is 54.0 Å². The molecule has 0 saturated heterocycles. The predicted octanol–water partition coefficient (Wildman–Crippen LogP) is 3.83. The monoisotopic (exact) mass is 297 g/mol. The van der Waals surface area contributed by atoms with Crippen molar-refractivity contribution in [2.24, 2.45) is 5.92 Å². The summed E-state index contributed by atoms with van der Waals surface area (Å²) in [5, 5.41) is 6.23. The molecule has 1 aromatic carbocycles. The van der Waals surface area contributed by atoms with Crippen molar-refractivity contribution in [1.29, 1.82) is 0 Å². The molecule has 1 amide bonds. The maximum Gasteiger partial charge on any atom is 0.269 e. The molecule has 4 heteroatoms. The molecule has 0 saturated carbocycles. The third kappa shape index (κ3) is 4.32. The summed E-state index contributed by atoms with van der Waals surface area (Å²) >= 11 is 0. The van der Waals surface area contributed by atoms with Crippen LogP contribution in [0.4, 0.5) is 11.4 Å². The second-order valence-electron chi connectivity index (χ2n) is 5.98. The lowest BCUT2D eigenvalue weighted by molar-refractivity contribution is 0.0944. The maximum atomic E-state index is 12.1. The van der Waals surface area contributed by atoms with Crippen LogP contribution < -0.4 is 10.6 Å². The van der Waals surface area contributed by atoms with E-state index < -0.39 is 0 Å². The Morgan fingerprint density at radius 2 is 1.95 bits per heavy atom. The summed E-state index contributed by atoms with van der Waals surface area (Å²) in [5.41, 5.74) is 4.68. The van der Waals surface area contributed by atoms with Crippen LogP contribution >= 0.6 is 0 Å². The minimum atomic E-state index is -0.140. The number of pyridine rings is 1. The molecule has 0 aliphatic heterocycles. The van der Waals surface area contributed by atoms with E-state index in [4.69, 9.17) is 0 Å². The Kier molecular flexibility index (Phi) is 5.15. The second kappa shape index (κ2) is 7.07. The Balaban J connectivity index is 2.14. The molecular formula is C18H23N3O. The van der Waals surface area contributed by atoms with Crippen LogP contribution in [-0.2, 0) is 0 Å². The third-order valence-electron chi connectivity index (χ3n) is 3.34. The second-order valence-corrected chi connectivity index (χ2v) is 5.98. The molecule has 0 aliphatic rings. The van der Waals surface area contributed by atoms with Gasteiger partial charge >= 0.3 is 0 Å². The summed E-state index contributed by atoms with van der Waals surface area (Å²) in [5.74, 6) is 0.276. The molecule has 1 aromatic heterocycles. The lowest BCUT2D eigenvalue weighted by Gasteiger charge is -2.12. The number of hydrogen-bond donors (Lipinski definition) is 2. The lowest BCUT2D eigenvalue weighted by atomic mass is 10.1. The first-order valence-electron chi connectivity index (χ1n) is 7.54. The molecule has 0 fully saturated rings. The molecule has 2 aromatic rings. The number of aromatic nitrogens is 1. The van der Waals surface area contributed by atoms with E-state index in [1.54, 1.807) is 12.3 Å². The summed E-state index contributed by atoms with van der Waals surface area (Å²) in [6.45, 7) is 8.88. The minimum Gasteiger partial charge on any atom is -0.355 e. The van der Waals surface area contributed by atoms with Crippen molar-refractivity contribution in [2.45, 2.75) is 27.7 Å². The van der Waals surface area contributed by atoms with Gasteiger partial charge in [-0.1, -0.05) is 26.0 Å². The molecule has 4 nitrogen and oxygen atoms in total. The first-order valence-corrected chi connectivity index (χ1v) is 7.54. The fourth-order valence-electron chi connectivity index (χ4n) is 2.05. The summed E-state index contributed by atoms with van der Waals surface area (Å²) in [4.78, 5) is 16.2. The van der Waals surface area contributed by atoms with E-state index in [9.17, 15) is 4.79 Å². The lowest BCUT2D eigenvalue weighted by Crippen LogP contribution is -2.28. The third-order valence-corrected chi connectivity index (χ3v) is 3.34. The fraction of sp³-hybridized carbons (Fsp3) is 0.333. The Hall–Kier alpha value is -2.36. The van der Waals surface area contributed by atoms with E-state index in [2.05, 4.69) is 61.5 Å². The predicted molar refractivity (Wildman–Crippen MR) is 90.6 cm³/mol. The Morgan fingerprint density at radius 3 is 2.68 bits per heavy atom. The molecule has 2 rings (SSSR count). The molecule has 1 heterocycles. The molecule has 0 aliphatic carbocycles. The molecule has 22 heavy (non-hydrogen) atoms. The average molecular weight is 297 g/mol. The zero-order valence-corrected chi connectivity index (χ0v) is 13.6. The first kappa shape index (κ1) is 16.0. The number of anilines is 2. The Bertz CT molecular complexity index is 665. The van der Waals surface area contributed by atoms with Gasteiger partial charge in [0.1, 0.15) is 5.69 Å². The highest BCUT2D eigenvalue weighted by Crippen LogP contribution is 2.21. The van der Waals surface area contributed by atoms with E-state index in [0.29, 0.717) is 18.2 Å². The SMILES string of the molecule is Cc1ccc(C)c(Nc2ccnc(C(=O)NCC(C)C)c2)c1. The van der Waals surface area contributed by atoms with Crippen LogP contribution in [0.15, 0.2) is 36.5 Å². The molecule has 0 spiro atoms. The number of benzene rings is 1. The normalized spacial score (nSPS) is 10.6. The smallest absolute Gasteiger partial charge is 0.269 e. The number of rotatable bonds is 5. The Labute approximate surface area is 132 Å². The van der Waals surface area contributed by atoms with Crippen LogP contribution in [0.3, 0.4) is 0 Å². The zero-order chi connectivity index (χ0) is 16.1. The summed E-state index contributed by atoms with van der Waals surface area (Å²) in [6, 6.07) is 9.89. The molecule has 116 valence electrons. The van der Waals surface area contributed by atoms with Crippen molar-refractivity contribution in [2.75, 3.05) is 11.9 Å². The number of amides is 1. The number of nitrogens with zero attached hydrogens (tertiary/aromatic N) is 1. The molecule has 0 bridgehead atoms. The van der Waals surface area contributed by atoms with Gasteiger partial charge in [-0.15, -0.1) is 0 Å². The van der Waals surface area contributed by atoms with Crippen molar-refractivity contribution in [3.05, 3.63) is 53.3 Å². The quantitative estimate of drug-likeness (QED) is 0.882. The largest absolute Gasteiger partial charge is 0.355 e. The average Bonchev–Trinajstić information content (AvgIpc) is 2.49. The first-order chi connectivity index (χ1) is 10.5. The highest BCUT2D eigenvalue weighted by molar-refractivity contribution is 5.93. The van der Waals surface area contributed by atoms with Crippen molar-refractivity contribution >= 4 is 17.3 Å². The van der Waals surface area contributed by atoms with Crippen molar-refractivity contribution < 1.29 is 4.79 Å². The molecular weight excluding hydrogens is 274 g/mol. The van der Waals surface area contributed by atoms with Gasteiger partial charge in [0, 0.05) is 24.1 Å². The van der Waals surface area contributed by atoms with Gasteiger partial charge in [0.2, 0.25) is 0 Å². The molecule has 0 radical (unpaired) electrons. The highest BCUT2D eigenvalue weighted by atomic mass is 16.1. The van der Waals surface area contributed by atoms with E-state index in [1.807, 2.05) is 6.07 Å². The number of aryl methyl sites for hydroxylation is 2. The van der Waals surface area contributed by atoms with Crippen LogP contribution in [0, 0.1) is 19.8 Å². The molecule has 0 unspecified atom stereocenters. The van der Waals surface area contributed by atoms with Gasteiger partial charge in [-0.25, -0.2) is 0 Å². The maximum absolute atomic E-state index is 12.1. The van der Waals surface area contributed by atoms with Gasteiger partial charge in [0.25, 0.3) is 5.91 Å². The molecule has 0 atom stereocenters. The van der Waals surface area contributed by atoms with E-state index in [0.717, 1.165) is 16.9 Å². The van der Waals surface area contributed by atoms with Gasteiger partial charge in [-0.2, -0.15) is 0 Å². The van der Waals surface area contributed by atoms with Gasteiger partial charge < -0.3 is 10.6 Å². The van der Waals surface area contributed by atoms with E-state index >= 15 is 0 Å². The van der Waals surface area contributed by atoms with Gasteiger partial charge in [0.15, 0.2) is 0 Å². The fourth-order valence-corrected chi connectivity index (χ4v) is 2.05. The zero-order valence-electron chi connectivity index (χ0n) is 13.6. The van der Waals surface area contributed by atoms with Crippen LogP contribution in [0.2, 0.25) is 0 Å². The van der Waals surface area contributed by atoms with E-state index in [-0.39, 0.29) is 5.91 Å². The van der Waals surface area contributed by atoms with Crippen molar-refractivity contribution in [3.63, 3.8) is 0 Å². The minimum absolute atomic E-state index is 0.140. The van der Waals surface area contributed by atoms with Crippen LogP contribution in [-0.4, -0.2) is 17.4 Å². The number of carbonyl (C=O) groups excluding carboxylic acids is 1. The van der Waals surface area contributed by atoms with E-state index in [1.165, 1.54) is 5.56 Å². The van der Waals surface area contributed by atoms with Gasteiger partial charge in [-0.3, -0.25) is 9.78 Å². The van der Waals surface area contributed by atoms with Crippen molar-refractivity contribution in [3.8, 4) is 0 Å². The highest BCUT2D eigenvalue weighted by Gasteiger charge is 2.09. The summed E-state index contributed by atoms with van der Waals surface area (Å²) in [6.07, 6.45) is 1.65. The standard InChI is InChI=1S/C18H23N3O/c1-12(2)11-20-18(22)17-10-15(7-8-19-17)21-16-9-13(3)5-6-14(16)4/h5-10,12H,11H2,1-4H3,(H,19,21)(H,20,22). The van der Waals surface area contributed by atoms with Crippen LogP contribution in [0.25, 0.3) is 0 Å². The summed E-state index contributed by atoms with van der Waals surface area (Å²) in [7, 11) is 0. The van der Waals surface area contributed by atoms with Crippen LogP contribution in [0.5, 0.6) is 0 Å². The van der Waals surface area contributed by atoms with Gasteiger partial charge in [0.05, 0.1) is 0 Å². The van der Waals surface area contributed by atoms with Gasteiger partial charge in [-0.05, 0) is 49.1 Å². The number of hydrogen-bond acceptors (Lipinski definition) is 3. The summed E-state index contributed by atoms with van der Waals surface area (Å²) < 4.78 is 0. The van der Waals surface area contributed by atoms with Crippen LogP contribution in [0.1, 0.15) is 35.5 Å². The molecule has 2 N–H and O–H groups in total. The number of nitrogens with one attached hydrogen (secondary N) is 2.